The second-order valence-electron chi connectivity index (χ2n) is 3.98. The predicted molar refractivity (Wildman–Crippen MR) is 62.3 cm³/mol. The maximum absolute atomic E-state index is 11.1. The van der Waals surface area contributed by atoms with Crippen LogP contribution in [-0.2, 0) is 11.2 Å². The Balaban J connectivity index is 2.16. The van der Waals surface area contributed by atoms with Crippen molar-refractivity contribution in [1.29, 1.82) is 0 Å². The van der Waals surface area contributed by atoms with Gasteiger partial charge < -0.3 is 9.90 Å². The second kappa shape index (κ2) is 4.27. The first-order chi connectivity index (χ1) is 7.24. The van der Waals surface area contributed by atoms with Gasteiger partial charge in [0.15, 0.2) is 0 Å². The molecule has 1 saturated heterocycles. The Labute approximate surface area is 93.7 Å². The molecule has 0 aliphatic carbocycles. The maximum Gasteiger partial charge on any atom is 0.136 e. The van der Waals surface area contributed by atoms with Gasteiger partial charge in [0.25, 0.3) is 0 Å². The molecular weight excluding hydrogens is 208 g/mol. The number of benzene rings is 1. The van der Waals surface area contributed by atoms with E-state index in [-0.39, 0.29) is 10.5 Å². The number of hydrogen-bond acceptors (Lipinski definition) is 3. The zero-order chi connectivity index (χ0) is 10.7. The summed E-state index contributed by atoms with van der Waals surface area (Å²) in [6.07, 6.45) is 3.88. The third kappa shape index (κ3) is 2.34. The lowest BCUT2D eigenvalue weighted by atomic mass is 9.96. The molecule has 1 aromatic rings. The number of aldehydes is 1. The number of carbonyl (C=O) groups excluding carboxylic acids is 1. The zero-order valence-corrected chi connectivity index (χ0v) is 9.30. The van der Waals surface area contributed by atoms with Crippen LogP contribution in [0.15, 0.2) is 24.3 Å². The van der Waals surface area contributed by atoms with E-state index in [9.17, 15) is 9.90 Å². The molecule has 1 atom stereocenters. The molecule has 1 unspecified atom stereocenters. The monoisotopic (exact) mass is 222 g/mol. The Morgan fingerprint density at radius 2 is 2.40 bits per heavy atom. The van der Waals surface area contributed by atoms with Crippen LogP contribution >= 0.6 is 11.8 Å². The first-order valence-electron chi connectivity index (χ1n) is 5.12. The van der Waals surface area contributed by atoms with Crippen molar-refractivity contribution in [2.75, 3.05) is 5.75 Å². The van der Waals surface area contributed by atoms with E-state index < -0.39 is 0 Å². The molecule has 0 aromatic heterocycles. The normalized spacial score (nSPS) is 25.3. The van der Waals surface area contributed by atoms with Gasteiger partial charge in [0.2, 0.25) is 0 Å². The molecule has 2 rings (SSSR count). The number of phenols is 1. The largest absolute Gasteiger partial charge is 0.508 e. The summed E-state index contributed by atoms with van der Waals surface area (Å²) in [7, 11) is 0. The van der Waals surface area contributed by atoms with Gasteiger partial charge >= 0.3 is 0 Å². The molecule has 1 aliphatic heterocycles. The summed E-state index contributed by atoms with van der Waals surface area (Å²) in [5, 5.41) is 9.35. The van der Waals surface area contributed by atoms with Crippen LogP contribution in [0.3, 0.4) is 0 Å². The number of carbonyl (C=O) groups is 1. The van der Waals surface area contributed by atoms with Gasteiger partial charge in [-0.1, -0.05) is 12.1 Å². The highest BCUT2D eigenvalue weighted by atomic mass is 32.2. The number of hydrogen-bond donors (Lipinski definition) is 1. The first kappa shape index (κ1) is 10.6. The SMILES string of the molecule is O=CC1(Cc2cccc(O)c2)CCCS1. The topological polar surface area (TPSA) is 37.3 Å². The van der Waals surface area contributed by atoms with Crippen molar-refractivity contribution in [1.82, 2.24) is 0 Å². The number of rotatable bonds is 3. The number of aromatic hydroxyl groups is 1. The van der Waals surface area contributed by atoms with Crippen molar-refractivity contribution in [2.45, 2.75) is 24.0 Å². The van der Waals surface area contributed by atoms with Crippen LogP contribution in [0.2, 0.25) is 0 Å². The van der Waals surface area contributed by atoms with E-state index in [0.29, 0.717) is 0 Å². The minimum absolute atomic E-state index is 0.242. The van der Waals surface area contributed by atoms with E-state index >= 15 is 0 Å². The van der Waals surface area contributed by atoms with E-state index in [1.54, 1.807) is 23.9 Å². The molecule has 3 heteroatoms. The summed E-state index contributed by atoms with van der Waals surface area (Å²) in [6, 6.07) is 7.18. The lowest BCUT2D eigenvalue weighted by Crippen LogP contribution is -2.26. The highest BCUT2D eigenvalue weighted by Gasteiger charge is 2.34. The molecule has 1 aliphatic rings. The smallest absolute Gasteiger partial charge is 0.136 e. The van der Waals surface area contributed by atoms with Gasteiger partial charge in [-0.25, -0.2) is 0 Å². The van der Waals surface area contributed by atoms with Gasteiger partial charge in [-0.15, -0.1) is 11.8 Å². The fourth-order valence-corrected chi connectivity index (χ4v) is 3.33. The number of phenolic OH excluding ortho intramolecular Hbond substituents is 1. The van der Waals surface area contributed by atoms with Crippen LogP contribution in [0, 0.1) is 0 Å². The molecule has 80 valence electrons. The highest BCUT2D eigenvalue weighted by molar-refractivity contribution is 8.01. The van der Waals surface area contributed by atoms with E-state index in [2.05, 4.69) is 0 Å². The Bertz CT molecular complexity index is 356. The molecule has 0 radical (unpaired) electrons. The average molecular weight is 222 g/mol. The van der Waals surface area contributed by atoms with Gasteiger partial charge in [-0.05, 0) is 42.7 Å². The van der Waals surface area contributed by atoms with Crippen LogP contribution < -0.4 is 0 Å². The predicted octanol–water partition coefficient (Wildman–Crippen LogP) is 2.40. The Kier molecular flexibility index (Phi) is 3.00. The lowest BCUT2D eigenvalue weighted by molar-refractivity contribution is -0.109. The Morgan fingerprint density at radius 3 is 3.00 bits per heavy atom. The lowest BCUT2D eigenvalue weighted by Gasteiger charge is -2.20. The Hall–Kier alpha value is -0.960. The van der Waals surface area contributed by atoms with Gasteiger partial charge in [0, 0.05) is 0 Å². The van der Waals surface area contributed by atoms with Crippen LogP contribution in [0.25, 0.3) is 0 Å². The molecule has 1 heterocycles. The second-order valence-corrected chi connectivity index (χ2v) is 5.49. The van der Waals surface area contributed by atoms with Crippen LogP contribution in [-0.4, -0.2) is 21.9 Å². The highest BCUT2D eigenvalue weighted by Crippen LogP contribution is 2.39. The fourth-order valence-electron chi connectivity index (χ4n) is 2.00. The molecule has 15 heavy (non-hydrogen) atoms. The van der Waals surface area contributed by atoms with Crippen molar-refractivity contribution < 1.29 is 9.90 Å². The summed E-state index contributed by atoms with van der Waals surface area (Å²) in [4.78, 5) is 11.1. The summed E-state index contributed by atoms with van der Waals surface area (Å²) >= 11 is 1.74. The van der Waals surface area contributed by atoms with Crippen molar-refractivity contribution >= 4 is 18.0 Å². The Morgan fingerprint density at radius 1 is 1.53 bits per heavy atom. The van der Waals surface area contributed by atoms with E-state index in [0.717, 1.165) is 36.9 Å². The van der Waals surface area contributed by atoms with Crippen molar-refractivity contribution in [2.24, 2.45) is 0 Å². The minimum atomic E-state index is -0.242. The van der Waals surface area contributed by atoms with Crippen molar-refractivity contribution in [3.05, 3.63) is 29.8 Å². The van der Waals surface area contributed by atoms with Crippen molar-refractivity contribution in [3.8, 4) is 5.75 Å². The number of thioether (sulfide) groups is 1. The molecule has 0 bridgehead atoms. The van der Waals surface area contributed by atoms with Gasteiger partial charge in [0.05, 0.1) is 4.75 Å². The molecule has 0 saturated carbocycles. The quantitative estimate of drug-likeness (QED) is 0.798. The molecule has 1 N–H and O–H groups in total. The van der Waals surface area contributed by atoms with Crippen LogP contribution in [0.5, 0.6) is 5.75 Å². The van der Waals surface area contributed by atoms with Crippen LogP contribution in [0.4, 0.5) is 0 Å². The average Bonchev–Trinajstić information content (AvgIpc) is 2.67. The summed E-state index contributed by atoms with van der Waals surface area (Å²) < 4.78 is -0.242. The van der Waals surface area contributed by atoms with E-state index in [1.807, 2.05) is 12.1 Å². The molecule has 1 fully saturated rings. The molecule has 1 aromatic carbocycles. The van der Waals surface area contributed by atoms with Gasteiger partial charge in [0.1, 0.15) is 12.0 Å². The third-order valence-corrected chi connectivity index (χ3v) is 4.27. The molecular formula is C12H14O2S. The van der Waals surface area contributed by atoms with Gasteiger partial charge in [-0.2, -0.15) is 0 Å². The molecule has 2 nitrogen and oxygen atoms in total. The van der Waals surface area contributed by atoms with Crippen LogP contribution in [0.1, 0.15) is 18.4 Å². The summed E-state index contributed by atoms with van der Waals surface area (Å²) in [5.74, 6) is 1.34. The zero-order valence-electron chi connectivity index (χ0n) is 8.48. The van der Waals surface area contributed by atoms with E-state index in [1.165, 1.54) is 0 Å². The summed E-state index contributed by atoms with van der Waals surface area (Å²) in [5.41, 5.74) is 1.04. The fraction of sp³-hybridized carbons (Fsp3) is 0.417. The molecule has 0 spiro atoms. The van der Waals surface area contributed by atoms with Crippen molar-refractivity contribution in [3.63, 3.8) is 0 Å². The molecule has 0 amide bonds. The standard InChI is InChI=1S/C12H14O2S/c13-9-12(5-2-6-15-12)8-10-3-1-4-11(14)7-10/h1,3-4,7,9,14H,2,5-6,8H2. The summed E-state index contributed by atoms with van der Waals surface area (Å²) in [6.45, 7) is 0. The van der Waals surface area contributed by atoms with Gasteiger partial charge in [-0.3, -0.25) is 0 Å². The minimum Gasteiger partial charge on any atom is -0.508 e. The third-order valence-electron chi connectivity index (χ3n) is 2.76. The maximum atomic E-state index is 11.1. The first-order valence-corrected chi connectivity index (χ1v) is 6.11. The van der Waals surface area contributed by atoms with E-state index in [4.69, 9.17) is 0 Å².